The molecule has 1 aromatic heterocycles. The van der Waals surface area contributed by atoms with Crippen molar-refractivity contribution >= 4 is 5.91 Å². The molecular formula is C11H18N4O. The minimum absolute atomic E-state index is 0.177. The topological polar surface area (TPSA) is 70.7 Å². The molecule has 1 amide bonds. The zero-order chi connectivity index (χ0) is 11.5. The highest BCUT2D eigenvalue weighted by Crippen LogP contribution is 2.30. The quantitative estimate of drug-likeness (QED) is 0.809. The van der Waals surface area contributed by atoms with E-state index in [4.69, 9.17) is 0 Å². The molecule has 0 spiro atoms. The van der Waals surface area contributed by atoms with Crippen molar-refractivity contribution < 1.29 is 4.79 Å². The Morgan fingerprint density at radius 3 is 2.94 bits per heavy atom. The van der Waals surface area contributed by atoms with Gasteiger partial charge >= 0.3 is 0 Å². The van der Waals surface area contributed by atoms with Crippen LogP contribution >= 0.6 is 0 Å². The van der Waals surface area contributed by atoms with Gasteiger partial charge in [-0.2, -0.15) is 0 Å². The molecule has 1 fully saturated rings. The Balaban J connectivity index is 1.84. The van der Waals surface area contributed by atoms with Gasteiger partial charge in [0.2, 0.25) is 5.82 Å². The van der Waals surface area contributed by atoms with Crippen LogP contribution in [0.4, 0.5) is 0 Å². The summed E-state index contributed by atoms with van der Waals surface area (Å²) >= 11 is 0. The number of rotatable bonds is 3. The number of aromatic amines is 1. The first-order chi connectivity index (χ1) is 7.66. The van der Waals surface area contributed by atoms with Gasteiger partial charge in [0.15, 0.2) is 0 Å². The summed E-state index contributed by atoms with van der Waals surface area (Å²) in [6, 6.07) is 0. The highest BCUT2D eigenvalue weighted by atomic mass is 16.2. The number of amides is 1. The fraction of sp³-hybridized carbons (Fsp3) is 0.727. The molecular weight excluding hydrogens is 204 g/mol. The molecule has 5 nitrogen and oxygen atoms in total. The van der Waals surface area contributed by atoms with Crippen molar-refractivity contribution in [3.8, 4) is 0 Å². The fourth-order valence-corrected chi connectivity index (χ4v) is 2.27. The molecule has 2 unspecified atom stereocenters. The number of H-pyrrole nitrogens is 1. The average molecular weight is 222 g/mol. The maximum Gasteiger partial charge on any atom is 0.290 e. The third kappa shape index (κ3) is 2.40. The molecule has 0 aliphatic heterocycles. The number of nitrogens with zero attached hydrogens (tertiary/aromatic N) is 2. The molecule has 0 aromatic carbocycles. The third-order valence-electron chi connectivity index (χ3n) is 3.36. The van der Waals surface area contributed by atoms with Crippen molar-refractivity contribution in [3.63, 3.8) is 0 Å². The molecule has 16 heavy (non-hydrogen) atoms. The van der Waals surface area contributed by atoms with Crippen LogP contribution in [0.15, 0.2) is 0 Å². The Kier molecular flexibility index (Phi) is 3.22. The van der Waals surface area contributed by atoms with Gasteiger partial charge in [-0.25, -0.2) is 4.98 Å². The summed E-state index contributed by atoms with van der Waals surface area (Å²) in [5, 5.41) is 9.40. The van der Waals surface area contributed by atoms with Crippen molar-refractivity contribution in [1.29, 1.82) is 0 Å². The molecule has 1 heterocycles. The van der Waals surface area contributed by atoms with Crippen LogP contribution < -0.4 is 5.32 Å². The maximum absolute atomic E-state index is 11.7. The van der Waals surface area contributed by atoms with E-state index in [-0.39, 0.29) is 11.7 Å². The van der Waals surface area contributed by atoms with Crippen molar-refractivity contribution in [3.05, 3.63) is 11.6 Å². The fourth-order valence-electron chi connectivity index (χ4n) is 2.27. The molecule has 1 saturated carbocycles. The minimum Gasteiger partial charge on any atom is -0.349 e. The number of hydrogen-bond donors (Lipinski definition) is 2. The van der Waals surface area contributed by atoms with Crippen LogP contribution in [0.25, 0.3) is 0 Å². The monoisotopic (exact) mass is 222 g/mol. The lowest BCUT2D eigenvalue weighted by molar-refractivity contribution is 0.0934. The molecule has 2 N–H and O–H groups in total. The number of carbonyl (C=O) groups excluding carboxylic acids is 1. The maximum atomic E-state index is 11.7. The van der Waals surface area contributed by atoms with Crippen LogP contribution in [-0.4, -0.2) is 27.6 Å². The van der Waals surface area contributed by atoms with Crippen LogP contribution in [0.3, 0.4) is 0 Å². The molecule has 0 radical (unpaired) electrons. The smallest absolute Gasteiger partial charge is 0.290 e. The standard InChI is InChI=1S/C11H18N4O/c1-7-4-3-5-9(7)6-12-11(16)10-13-8(2)14-15-10/h7,9H,3-6H2,1-2H3,(H,12,16)(H,13,14,15). The predicted molar refractivity (Wildman–Crippen MR) is 60.0 cm³/mol. The van der Waals surface area contributed by atoms with Gasteiger partial charge in [-0.05, 0) is 25.2 Å². The number of nitrogens with one attached hydrogen (secondary N) is 2. The summed E-state index contributed by atoms with van der Waals surface area (Å²) in [5.41, 5.74) is 0. The first kappa shape index (κ1) is 11.1. The Bertz CT molecular complexity index is 374. The minimum atomic E-state index is -0.177. The van der Waals surface area contributed by atoms with E-state index in [1.165, 1.54) is 19.3 Å². The SMILES string of the molecule is Cc1nc(C(=O)NCC2CCCC2C)n[nH]1. The first-order valence-electron chi connectivity index (χ1n) is 5.84. The molecule has 88 valence electrons. The summed E-state index contributed by atoms with van der Waals surface area (Å²) in [7, 11) is 0. The molecule has 0 bridgehead atoms. The van der Waals surface area contributed by atoms with E-state index >= 15 is 0 Å². The molecule has 1 aromatic rings. The zero-order valence-electron chi connectivity index (χ0n) is 9.79. The highest BCUT2D eigenvalue weighted by molar-refractivity contribution is 5.90. The van der Waals surface area contributed by atoms with E-state index in [0.717, 1.165) is 6.54 Å². The molecule has 2 rings (SSSR count). The van der Waals surface area contributed by atoms with Crippen LogP contribution in [0, 0.1) is 18.8 Å². The van der Waals surface area contributed by atoms with Gasteiger partial charge in [-0.3, -0.25) is 9.89 Å². The van der Waals surface area contributed by atoms with Gasteiger partial charge in [-0.15, -0.1) is 5.10 Å². The van der Waals surface area contributed by atoms with E-state index in [2.05, 4.69) is 27.4 Å². The Hall–Kier alpha value is -1.39. The molecule has 5 heteroatoms. The summed E-state index contributed by atoms with van der Waals surface area (Å²) in [6.45, 7) is 4.77. The van der Waals surface area contributed by atoms with Crippen LogP contribution in [0.1, 0.15) is 42.6 Å². The van der Waals surface area contributed by atoms with Crippen molar-refractivity contribution in [2.75, 3.05) is 6.54 Å². The summed E-state index contributed by atoms with van der Waals surface area (Å²) < 4.78 is 0. The van der Waals surface area contributed by atoms with E-state index in [0.29, 0.717) is 17.7 Å². The number of aryl methyl sites for hydroxylation is 1. The molecule has 0 saturated heterocycles. The van der Waals surface area contributed by atoms with E-state index < -0.39 is 0 Å². The second kappa shape index (κ2) is 4.63. The second-order valence-corrected chi connectivity index (χ2v) is 4.62. The van der Waals surface area contributed by atoms with Crippen LogP contribution in [-0.2, 0) is 0 Å². The lowest BCUT2D eigenvalue weighted by atomic mass is 9.98. The van der Waals surface area contributed by atoms with Gasteiger partial charge in [-0.1, -0.05) is 19.8 Å². The van der Waals surface area contributed by atoms with E-state index in [1.807, 2.05) is 0 Å². The van der Waals surface area contributed by atoms with Crippen LogP contribution in [0.2, 0.25) is 0 Å². The second-order valence-electron chi connectivity index (χ2n) is 4.62. The van der Waals surface area contributed by atoms with Gasteiger partial charge in [0.05, 0.1) is 0 Å². The highest BCUT2D eigenvalue weighted by Gasteiger charge is 2.24. The Labute approximate surface area is 95.0 Å². The van der Waals surface area contributed by atoms with Gasteiger partial charge < -0.3 is 5.32 Å². The van der Waals surface area contributed by atoms with Crippen molar-refractivity contribution in [2.45, 2.75) is 33.1 Å². The zero-order valence-corrected chi connectivity index (χ0v) is 9.79. The summed E-state index contributed by atoms with van der Waals surface area (Å²) in [5.74, 6) is 2.06. The summed E-state index contributed by atoms with van der Waals surface area (Å²) in [6.07, 6.45) is 3.77. The van der Waals surface area contributed by atoms with E-state index in [1.54, 1.807) is 6.92 Å². The lowest BCUT2D eigenvalue weighted by Crippen LogP contribution is -2.31. The number of aromatic nitrogens is 3. The largest absolute Gasteiger partial charge is 0.349 e. The van der Waals surface area contributed by atoms with Gasteiger partial charge in [0.1, 0.15) is 5.82 Å². The average Bonchev–Trinajstić information content (AvgIpc) is 2.84. The lowest BCUT2D eigenvalue weighted by Gasteiger charge is -2.14. The van der Waals surface area contributed by atoms with Crippen LogP contribution in [0.5, 0.6) is 0 Å². The molecule has 1 aliphatic rings. The van der Waals surface area contributed by atoms with Crippen molar-refractivity contribution in [1.82, 2.24) is 20.5 Å². The summed E-state index contributed by atoms with van der Waals surface area (Å²) in [4.78, 5) is 15.7. The number of carbonyl (C=O) groups is 1. The molecule has 2 atom stereocenters. The van der Waals surface area contributed by atoms with Gasteiger partial charge in [0.25, 0.3) is 5.91 Å². The normalized spacial score (nSPS) is 24.6. The molecule has 1 aliphatic carbocycles. The first-order valence-corrected chi connectivity index (χ1v) is 5.84. The van der Waals surface area contributed by atoms with Crippen molar-refractivity contribution in [2.24, 2.45) is 11.8 Å². The number of hydrogen-bond acceptors (Lipinski definition) is 3. The van der Waals surface area contributed by atoms with Gasteiger partial charge in [0, 0.05) is 6.54 Å². The Morgan fingerprint density at radius 1 is 1.56 bits per heavy atom. The predicted octanol–water partition coefficient (Wildman–Crippen LogP) is 1.28. The van der Waals surface area contributed by atoms with E-state index in [9.17, 15) is 4.79 Å². The third-order valence-corrected chi connectivity index (χ3v) is 3.36. The Morgan fingerprint density at radius 2 is 2.38 bits per heavy atom.